The summed E-state index contributed by atoms with van der Waals surface area (Å²) in [5.74, 6) is 0.971. The van der Waals surface area contributed by atoms with Crippen molar-refractivity contribution in [3.05, 3.63) is 17.8 Å². The van der Waals surface area contributed by atoms with E-state index in [0.717, 1.165) is 44.2 Å². The second-order valence-corrected chi connectivity index (χ2v) is 4.98. The summed E-state index contributed by atoms with van der Waals surface area (Å²) in [5, 5.41) is 12.0. The van der Waals surface area contributed by atoms with Crippen LogP contribution in [0, 0.1) is 0 Å². The van der Waals surface area contributed by atoms with E-state index in [0.29, 0.717) is 6.04 Å². The molecule has 106 valence electrons. The fourth-order valence-electron chi connectivity index (χ4n) is 2.05. The summed E-state index contributed by atoms with van der Waals surface area (Å²) < 4.78 is 5.16. The molecule has 1 N–H and O–H groups in total. The quantitative estimate of drug-likeness (QED) is 0.686. The van der Waals surface area contributed by atoms with Crippen LogP contribution < -0.4 is 10.2 Å². The van der Waals surface area contributed by atoms with E-state index in [4.69, 9.17) is 4.74 Å². The first-order valence-corrected chi connectivity index (χ1v) is 7.14. The maximum atomic E-state index is 5.16. The Morgan fingerprint density at radius 3 is 2.79 bits per heavy atom. The molecule has 5 heteroatoms. The minimum Gasteiger partial charge on any atom is -0.383 e. The van der Waals surface area contributed by atoms with Gasteiger partial charge in [-0.15, -0.1) is 5.10 Å². The normalized spacial score (nSPS) is 14.6. The molecule has 0 bridgehead atoms. The van der Waals surface area contributed by atoms with E-state index in [9.17, 15) is 0 Å². The highest BCUT2D eigenvalue weighted by Crippen LogP contribution is 2.29. The molecular formula is C14H24N4O. The van der Waals surface area contributed by atoms with Crippen LogP contribution in [0.15, 0.2) is 12.1 Å². The van der Waals surface area contributed by atoms with Crippen molar-refractivity contribution in [2.24, 2.45) is 0 Å². The summed E-state index contributed by atoms with van der Waals surface area (Å²) in [7, 11) is 1.74. The molecule has 0 aromatic carbocycles. The molecule has 1 aliphatic carbocycles. The van der Waals surface area contributed by atoms with Crippen molar-refractivity contribution < 1.29 is 4.74 Å². The van der Waals surface area contributed by atoms with Crippen LogP contribution in [0.2, 0.25) is 0 Å². The van der Waals surface area contributed by atoms with Gasteiger partial charge in [-0.3, -0.25) is 0 Å². The predicted molar refractivity (Wildman–Crippen MR) is 76.3 cm³/mol. The molecule has 0 unspecified atom stereocenters. The van der Waals surface area contributed by atoms with E-state index in [-0.39, 0.29) is 0 Å². The Kier molecular flexibility index (Phi) is 5.54. The van der Waals surface area contributed by atoms with Gasteiger partial charge in [0.1, 0.15) is 0 Å². The predicted octanol–water partition coefficient (Wildman–Crippen LogP) is 1.59. The van der Waals surface area contributed by atoms with Crippen LogP contribution in [-0.4, -0.2) is 43.0 Å². The number of nitrogens with one attached hydrogen (secondary N) is 1. The van der Waals surface area contributed by atoms with E-state index in [1.165, 1.54) is 12.8 Å². The molecule has 5 nitrogen and oxygen atoms in total. The summed E-state index contributed by atoms with van der Waals surface area (Å²) in [6.45, 7) is 5.60. The summed E-state index contributed by atoms with van der Waals surface area (Å²) in [4.78, 5) is 2.31. The zero-order valence-electron chi connectivity index (χ0n) is 11.9. The average Bonchev–Trinajstić information content (AvgIpc) is 3.26. The number of rotatable bonds is 9. The summed E-state index contributed by atoms with van der Waals surface area (Å²) in [5.41, 5.74) is 1.000. The zero-order valence-corrected chi connectivity index (χ0v) is 11.9. The fourth-order valence-corrected chi connectivity index (χ4v) is 2.05. The molecule has 1 aromatic rings. The first kappa shape index (κ1) is 14.2. The van der Waals surface area contributed by atoms with E-state index in [2.05, 4.69) is 39.5 Å². The Hall–Kier alpha value is -1.20. The number of hydrogen-bond donors (Lipinski definition) is 1. The van der Waals surface area contributed by atoms with Crippen LogP contribution in [0.1, 0.15) is 31.9 Å². The summed E-state index contributed by atoms with van der Waals surface area (Å²) >= 11 is 0. The maximum absolute atomic E-state index is 5.16. The highest BCUT2D eigenvalue weighted by Gasteiger charge is 2.29. The van der Waals surface area contributed by atoms with Gasteiger partial charge in [0.25, 0.3) is 0 Å². The van der Waals surface area contributed by atoms with Crippen LogP contribution in [0.5, 0.6) is 0 Å². The van der Waals surface area contributed by atoms with Gasteiger partial charge in [-0.05, 0) is 37.9 Å². The third-order valence-corrected chi connectivity index (χ3v) is 3.26. The van der Waals surface area contributed by atoms with Gasteiger partial charge in [-0.25, -0.2) is 0 Å². The van der Waals surface area contributed by atoms with Crippen molar-refractivity contribution in [3.8, 4) is 0 Å². The summed E-state index contributed by atoms with van der Waals surface area (Å²) in [6, 6.07) is 4.77. The molecule has 1 saturated carbocycles. The summed E-state index contributed by atoms with van der Waals surface area (Å²) in [6.07, 6.45) is 3.65. The van der Waals surface area contributed by atoms with Gasteiger partial charge in [0, 0.05) is 26.2 Å². The number of hydrogen-bond acceptors (Lipinski definition) is 5. The lowest BCUT2D eigenvalue weighted by atomic mass is 10.3. The monoisotopic (exact) mass is 264 g/mol. The molecule has 1 fully saturated rings. The second kappa shape index (κ2) is 7.40. The van der Waals surface area contributed by atoms with Crippen molar-refractivity contribution >= 4 is 5.82 Å². The second-order valence-electron chi connectivity index (χ2n) is 4.98. The minimum atomic E-state index is 0.633. The van der Waals surface area contributed by atoms with Gasteiger partial charge in [0.15, 0.2) is 5.82 Å². The smallest absolute Gasteiger partial charge is 0.151 e. The Bertz CT molecular complexity index is 364. The molecule has 1 aliphatic rings. The lowest BCUT2D eigenvalue weighted by molar-refractivity contribution is 0.204. The first-order chi connectivity index (χ1) is 9.35. The molecule has 0 amide bonds. The SMILES string of the molecule is CCCNCc1ccc(N(CCOC)C2CC2)nn1. The zero-order chi connectivity index (χ0) is 13.5. The maximum Gasteiger partial charge on any atom is 0.151 e. The van der Waals surface area contributed by atoms with Gasteiger partial charge in [-0.1, -0.05) is 6.92 Å². The largest absolute Gasteiger partial charge is 0.383 e. The molecule has 1 heterocycles. The van der Waals surface area contributed by atoms with Gasteiger partial charge < -0.3 is 15.0 Å². The third-order valence-electron chi connectivity index (χ3n) is 3.26. The van der Waals surface area contributed by atoms with Crippen molar-refractivity contribution in [2.45, 2.75) is 38.8 Å². The van der Waals surface area contributed by atoms with E-state index in [1.807, 2.05) is 0 Å². The Balaban J connectivity index is 1.91. The fraction of sp³-hybridized carbons (Fsp3) is 0.714. The van der Waals surface area contributed by atoms with Crippen molar-refractivity contribution in [2.75, 3.05) is 31.7 Å². The van der Waals surface area contributed by atoms with Crippen LogP contribution in [0.3, 0.4) is 0 Å². The molecule has 0 aliphatic heterocycles. The van der Waals surface area contributed by atoms with Crippen LogP contribution in [0.25, 0.3) is 0 Å². The lowest BCUT2D eigenvalue weighted by Gasteiger charge is -2.22. The van der Waals surface area contributed by atoms with Gasteiger partial charge in [-0.2, -0.15) is 5.10 Å². The highest BCUT2D eigenvalue weighted by molar-refractivity contribution is 5.40. The highest BCUT2D eigenvalue weighted by atomic mass is 16.5. The Morgan fingerprint density at radius 1 is 1.37 bits per heavy atom. The lowest BCUT2D eigenvalue weighted by Crippen LogP contribution is -2.30. The Morgan fingerprint density at radius 2 is 2.21 bits per heavy atom. The first-order valence-electron chi connectivity index (χ1n) is 7.14. The molecule has 0 spiro atoms. The molecule has 0 saturated heterocycles. The number of methoxy groups -OCH3 is 1. The van der Waals surface area contributed by atoms with Crippen LogP contribution in [0.4, 0.5) is 5.82 Å². The Labute approximate surface area is 115 Å². The molecule has 2 rings (SSSR count). The van der Waals surface area contributed by atoms with Crippen LogP contribution in [-0.2, 0) is 11.3 Å². The van der Waals surface area contributed by atoms with E-state index < -0.39 is 0 Å². The van der Waals surface area contributed by atoms with Crippen molar-refractivity contribution in [1.82, 2.24) is 15.5 Å². The third kappa shape index (κ3) is 4.44. The number of anilines is 1. The number of aromatic nitrogens is 2. The minimum absolute atomic E-state index is 0.633. The number of nitrogens with zero attached hydrogens (tertiary/aromatic N) is 3. The van der Waals surface area contributed by atoms with E-state index in [1.54, 1.807) is 7.11 Å². The standard InChI is InChI=1S/C14H24N4O/c1-3-8-15-11-12-4-7-14(17-16-12)18(9-10-19-2)13-5-6-13/h4,7,13,15H,3,5-6,8-11H2,1-2H3. The molecule has 0 atom stereocenters. The van der Waals surface area contributed by atoms with Crippen LogP contribution >= 0.6 is 0 Å². The average molecular weight is 264 g/mol. The topological polar surface area (TPSA) is 50.3 Å². The van der Waals surface area contributed by atoms with Crippen molar-refractivity contribution in [1.29, 1.82) is 0 Å². The van der Waals surface area contributed by atoms with Gasteiger partial charge >= 0.3 is 0 Å². The van der Waals surface area contributed by atoms with Gasteiger partial charge in [0.05, 0.1) is 12.3 Å². The van der Waals surface area contributed by atoms with Gasteiger partial charge in [0.2, 0.25) is 0 Å². The van der Waals surface area contributed by atoms with E-state index >= 15 is 0 Å². The molecule has 0 radical (unpaired) electrons. The molecule has 1 aromatic heterocycles. The molecular weight excluding hydrogens is 240 g/mol. The molecule has 19 heavy (non-hydrogen) atoms. The van der Waals surface area contributed by atoms with Crippen molar-refractivity contribution in [3.63, 3.8) is 0 Å². The number of ether oxygens (including phenoxy) is 1.